The Labute approximate surface area is 149 Å². The average molecular weight is 339 g/mol. The number of rotatable bonds is 7. The first kappa shape index (κ1) is 18.7. The zero-order valence-corrected chi connectivity index (χ0v) is 15.1. The van der Waals surface area contributed by atoms with Crippen LogP contribution in [0.15, 0.2) is 54.6 Å². The molecule has 0 N–H and O–H groups in total. The fourth-order valence-electron chi connectivity index (χ4n) is 2.89. The number of hydrogen-bond acceptors (Lipinski definition) is 3. The Morgan fingerprint density at radius 1 is 1.04 bits per heavy atom. The maximum absolute atomic E-state index is 12.7. The predicted molar refractivity (Wildman–Crippen MR) is 98.4 cm³/mol. The number of amides is 1. The third-order valence-corrected chi connectivity index (χ3v) is 4.24. The van der Waals surface area contributed by atoms with E-state index >= 15 is 0 Å². The molecule has 0 aromatic heterocycles. The van der Waals surface area contributed by atoms with Gasteiger partial charge < -0.3 is 9.64 Å². The van der Waals surface area contributed by atoms with Gasteiger partial charge in [0, 0.05) is 19.4 Å². The van der Waals surface area contributed by atoms with Crippen molar-refractivity contribution in [3.63, 3.8) is 0 Å². The number of hydrogen-bond donors (Lipinski definition) is 0. The summed E-state index contributed by atoms with van der Waals surface area (Å²) in [7, 11) is 1.64. The van der Waals surface area contributed by atoms with Crippen molar-refractivity contribution in [2.24, 2.45) is 0 Å². The lowest BCUT2D eigenvalue weighted by Crippen LogP contribution is -2.34. The molecule has 2 rings (SSSR count). The minimum absolute atomic E-state index is 0.0258. The second kappa shape index (κ2) is 9.02. The molecule has 4 heteroatoms. The first-order chi connectivity index (χ1) is 12.0. The van der Waals surface area contributed by atoms with Crippen LogP contribution < -0.4 is 0 Å². The summed E-state index contributed by atoms with van der Waals surface area (Å²) in [6.45, 7) is 4.10. The van der Waals surface area contributed by atoms with E-state index in [0.717, 1.165) is 16.7 Å². The number of carbonyl (C=O) groups is 2. The van der Waals surface area contributed by atoms with Gasteiger partial charge >= 0.3 is 5.97 Å². The van der Waals surface area contributed by atoms with Crippen LogP contribution in [0.25, 0.3) is 0 Å². The molecule has 0 fully saturated rings. The maximum atomic E-state index is 12.7. The summed E-state index contributed by atoms with van der Waals surface area (Å²) in [5.74, 6) is -0.504. The number of carbonyl (C=O) groups excluding carboxylic acids is 2. The lowest BCUT2D eigenvalue weighted by molar-refractivity contribution is -0.148. The second-order valence-corrected chi connectivity index (χ2v) is 6.08. The predicted octanol–water partition coefficient (Wildman–Crippen LogP) is 3.54. The van der Waals surface area contributed by atoms with Gasteiger partial charge in [-0.25, -0.2) is 0 Å². The van der Waals surface area contributed by atoms with Crippen molar-refractivity contribution >= 4 is 11.9 Å². The molecule has 0 heterocycles. The van der Waals surface area contributed by atoms with Crippen LogP contribution in [0.5, 0.6) is 0 Å². The van der Waals surface area contributed by atoms with Crippen molar-refractivity contribution in [2.75, 3.05) is 20.2 Å². The number of ether oxygens (including phenoxy) is 1. The molecule has 0 saturated carbocycles. The fourth-order valence-corrected chi connectivity index (χ4v) is 2.89. The third kappa shape index (κ3) is 5.18. The van der Waals surface area contributed by atoms with E-state index in [1.165, 1.54) is 4.90 Å². The molecule has 1 atom stereocenters. The molecule has 0 saturated heterocycles. The van der Waals surface area contributed by atoms with E-state index in [-0.39, 0.29) is 24.3 Å². The Hall–Kier alpha value is -2.62. The van der Waals surface area contributed by atoms with Crippen molar-refractivity contribution in [1.82, 2.24) is 4.90 Å². The highest BCUT2D eigenvalue weighted by Crippen LogP contribution is 2.30. The average Bonchev–Trinajstić information content (AvgIpc) is 2.61. The molecular weight excluding hydrogens is 314 g/mol. The van der Waals surface area contributed by atoms with Gasteiger partial charge in [0.2, 0.25) is 5.91 Å². The number of benzene rings is 2. The Bertz CT molecular complexity index is 712. The van der Waals surface area contributed by atoms with E-state index in [1.807, 2.05) is 42.5 Å². The zero-order chi connectivity index (χ0) is 18.2. The van der Waals surface area contributed by atoms with Crippen LogP contribution in [0.2, 0.25) is 0 Å². The van der Waals surface area contributed by atoms with Crippen LogP contribution in [0.1, 0.15) is 36.0 Å². The summed E-state index contributed by atoms with van der Waals surface area (Å²) in [5, 5.41) is 0. The van der Waals surface area contributed by atoms with Gasteiger partial charge in [0.1, 0.15) is 6.54 Å². The number of aryl methyl sites for hydroxylation is 1. The summed E-state index contributed by atoms with van der Waals surface area (Å²) in [4.78, 5) is 25.7. The first-order valence-corrected chi connectivity index (χ1v) is 8.53. The van der Waals surface area contributed by atoms with Gasteiger partial charge in [-0.3, -0.25) is 9.59 Å². The molecule has 4 nitrogen and oxygen atoms in total. The van der Waals surface area contributed by atoms with Crippen LogP contribution in [0.3, 0.4) is 0 Å². The van der Waals surface area contributed by atoms with Crippen LogP contribution in [-0.4, -0.2) is 37.0 Å². The van der Waals surface area contributed by atoms with E-state index < -0.39 is 0 Å². The molecule has 2 aromatic rings. The Morgan fingerprint density at radius 3 is 2.32 bits per heavy atom. The summed E-state index contributed by atoms with van der Waals surface area (Å²) >= 11 is 0. The first-order valence-electron chi connectivity index (χ1n) is 8.53. The lowest BCUT2D eigenvalue weighted by atomic mass is 9.86. The van der Waals surface area contributed by atoms with Crippen LogP contribution >= 0.6 is 0 Å². The highest BCUT2D eigenvalue weighted by atomic mass is 16.5. The highest BCUT2D eigenvalue weighted by molar-refractivity contribution is 5.82. The second-order valence-electron chi connectivity index (χ2n) is 6.08. The van der Waals surface area contributed by atoms with Gasteiger partial charge in [0.05, 0.1) is 6.61 Å². The Morgan fingerprint density at radius 2 is 1.68 bits per heavy atom. The van der Waals surface area contributed by atoms with E-state index in [9.17, 15) is 9.59 Å². The van der Waals surface area contributed by atoms with Gasteiger partial charge in [-0.1, -0.05) is 54.6 Å². The molecule has 0 spiro atoms. The molecular formula is C21H25NO3. The van der Waals surface area contributed by atoms with Gasteiger partial charge in [-0.05, 0) is 30.5 Å². The van der Waals surface area contributed by atoms with Gasteiger partial charge in [-0.15, -0.1) is 0 Å². The smallest absolute Gasteiger partial charge is 0.325 e. The highest BCUT2D eigenvalue weighted by Gasteiger charge is 2.22. The van der Waals surface area contributed by atoms with Crippen LogP contribution in [-0.2, 0) is 14.3 Å². The number of likely N-dealkylation sites (N-methyl/N-ethyl adjacent to an activating group) is 1. The molecule has 1 unspecified atom stereocenters. The molecule has 132 valence electrons. The summed E-state index contributed by atoms with van der Waals surface area (Å²) in [6.07, 6.45) is 0.310. The lowest BCUT2D eigenvalue weighted by Gasteiger charge is -2.23. The van der Waals surface area contributed by atoms with Crippen molar-refractivity contribution < 1.29 is 14.3 Å². The Kier molecular flexibility index (Phi) is 6.75. The standard InChI is InChI=1S/C21H25NO3/c1-4-25-21(24)15-22(3)20(23)14-19(17-11-6-5-7-12-17)18-13-9-8-10-16(18)2/h5-13,19H,4,14-15H2,1-3H3. The van der Waals surface area contributed by atoms with E-state index in [0.29, 0.717) is 13.0 Å². The Balaban J connectivity index is 2.21. The van der Waals surface area contributed by atoms with Crippen molar-refractivity contribution in [1.29, 1.82) is 0 Å². The molecule has 25 heavy (non-hydrogen) atoms. The topological polar surface area (TPSA) is 46.6 Å². The van der Waals surface area contributed by atoms with E-state index in [2.05, 4.69) is 19.1 Å². The molecule has 0 aliphatic heterocycles. The van der Waals surface area contributed by atoms with Gasteiger partial charge in [0.15, 0.2) is 0 Å². The molecule has 0 aliphatic carbocycles. The normalized spacial score (nSPS) is 11.6. The van der Waals surface area contributed by atoms with Gasteiger partial charge in [-0.2, -0.15) is 0 Å². The van der Waals surface area contributed by atoms with E-state index in [4.69, 9.17) is 4.74 Å². The molecule has 0 bridgehead atoms. The monoisotopic (exact) mass is 339 g/mol. The minimum Gasteiger partial charge on any atom is -0.465 e. The third-order valence-electron chi connectivity index (χ3n) is 4.24. The molecule has 0 radical (unpaired) electrons. The van der Waals surface area contributed by atoms with E-state index in [1.54, 1.807) is 14.0 Å². The van der Waals surface area contributed by atoms with Crippen molar-refractivity contribution in [2.45, 2.75) is 26.2 Å². The quantitative estimate of drug-likeness (QED) is 0.725. The number of nitrogens with zero attached hydrogens (tertiary/aromatic N) is 1. The van der Waals surface area contributed by atoms with Crippen molar-refractivity contribution in [3.8, 4) is 0 Å². The zero-order valence-electron chi connectivity index (χ0n) is 15.1. The summed E-state index contributed by atoms with van der Waals surface area (Å²) in [6, 6.07) is 18.1. The van der Waals surface area contributed by atoms with Gasteiger partial charge in [0.25, 0.3) is 0 Å². The number of esters is 1. The largest absolute Gasteiger partial charge is 0.465 e. The maximum Gasteiger partial charge on any atom is 0.325 e. The van der Waals surface area contributed by atoms with Crippen LogP contribution in [0.4, 0.5) is 0 Å². The summed E-state index contributed by atoms with van der Waals surface area (Å²) in [5.41, 5.74) is 3.37. The molecule has 0 aliphatic rings. The molecule has 1 amide bonds. The van der Waals surface area contributed by atoms with Crippen LogP contribution in [0, 0.1) is 6.92 Å². The van der Waals surface area contributed by atoms with Crippen molar-refractivity contribution in [3.05, 3.63) is 71.3 Å². The minimum atomic E-state index is -0.384. The summed E-state index contributed by atoms with van der Waals surface area (Å²) < 4.78 is 4.92. The SMILES string of the molecule is CCOC(=O)CN(C)C(=O)CC(c1ccccc1)c1ccccc1C. The molecule has 2 aromatic carbocycles. The fraction of sp³-hybridized carbons (Fsp3) is 0.333.